The molecule has 1 aliphatic rings. The van der Waals surface area contributed by atoms with Crippen molar-refractivity contribution in [2.45, 2.75) is 57.0 Å². The van der Waals surface area contributed by atoms with Crippen LogP contribution in [-0.4, -0.2) is 20.5 Å². The van der Waals surface area contributed by atoms with E-state index in [2.05, 4.69) is 0 Å². The van der Waals surface area contributed by atoms with Crippen LogP contribution in [0.1, 0.15) is 53.6 Å². The van der Waals surface area contributed by atoms with Gasteiger partial charge in [0.05, 0.1) is 10.5 Å². The van der Waals surface area contributed by atoms with Gasteiger partial charge in [-0.25, -0.2) is 13.2 Å². The first-order chi connectivity index (χ1) is 9.79. The number of benzene rings is 1. The molecule has 0 heterocycles. The third kappa shape index (κ3) is 3.98. The van der Waals surface area contributed by atoms with Crippen molar-refractivity contribution in [3.05, 3.63) is 28.8 Å². The summed E-state index contributed by atoms with van der Waals surface area (Å²) in [6.07, 6.45) is 4.97. The van der Waals surface area contributed by atoms with Gasteiger partial charge in [0.2, 0.25) is 0 Å². The van der Waals surface area contributed by atoms with Crippen molar-refractivity contribution in [1.29, 1.82) is 0 Å². The molecule has 0 spiro atoms. The predicted octanol–water partition coefficient (Wildman–Crippen LogP) is 3.72. The van der Waals surface area contributed by atoms with Crippen molar-refractivity contribution in [2.75, 3.05) is 0 Å². The van der Waals surface area contributed by atoms with Crippen LogP contribution in [0.25, 0.3) is 0 Å². The van der Waals surface area contributed by atoms with E-state index in [1.807, 2.05) is 0 Å². The first-order valence-electron chi connectivity index (χ1n) is 7.06. The highest BCUT2D eigenvalue weighted by molar-refractivity contribution is 8.13. The minimum absolute atomic E-state index is 0.0668. The summed E-state index contributed by atoms with van der Waals surface area (Å²) in [5, 5.41) is 0. The first-order valence-corrected chi connectivity index (χ1v) is 9.37. The lowest BCUT2D eigenvalue weighted by Crippen LogP contribution is -2.21. The molecule has 0 N–H and O–H groups in total. The number of halogens is 1. The van der Waals surface area contributed by atoms with Crippen LogP contribution in [0, 0.1) is 13.8 Å². The molecule has 6 heteroatoms. The molecule has 1 fully saturated rings. The second-order valence-electron chi connectivity index (χ2n) is 5.52. The van der Waals surface area contributed by atoms with Gasteiger partial charge in [-0.3, -0.25) is 0 Å². The van der Waals surface area contributed by atoms with Gasteiger partial charge in [-0.2, -0.15) is 0 Å². The van der Waals surface area contributed by atoms with Gasteiger partial charge in [0, 0.05) is 10.7 Å². The van der Waals surface area contributed by atoms with Crippen molar-refractivity contribution >= 4 is 25.7 Å². The highest BCUT2D eigenvalue weighted by atomic mass is 35.7. The van der Waals surface area contributed by atoms with Crippen LogP contribution >= 0.6 is 10.7 Å². The summed E-state index contributed by atoms with van der Waals surface area (Å²) in [6.45, 7) is 3.52. The highest BCUT2D eigenvalue weighted by Gasteiger charge is 2.22. The van der Waals surface area contributed by atoms with Crippen LogP contribution in [0.3, 0.4) is 0 Å². The predicted molar refractivity (Wildman–Crippen MR) is 81.2 cm³/mol. The largest absolute Gasteiger partial charge is 0.459 e. The Labute approximate surface area is 129 Å². The standard InChI is InChI=1S/C15H19ClO4S/c1-10-8-13(21(16,18)19)9-14(11(10)2)15(17)20-12-6-4-3-5-7-12/h8-9,12H,3-7H2,1-2H3. The van der Waals surface area contributed by atoms with Gasteiger partial charge < -0.3 is 4.74 Å². The molecule has 0 aliphatic heterocycles. The number of aryl methyl sites for hydroxylation is 1. The van der Waals surface area contributed by atoms with Crippen molar-refractivity contribution in [2.24, 2.45) is 0 Å². The molecule has 4 nitrogen and oxygen atoms in total. The van der Waals surface area contributed by atoms with E-state index in [4.69, 9.17) is 15.4 Å². The summed E-state index contributed by atoms with van der Waals surface area (Å²) in [5.74, 6) is -0.468. The zero-order valence-corrected chi connectivity index (χ0v) is 13.8. The molecule has 0 amide bonds. The van der Waals surface area contributed by atoms with Gasteiger partial charge in [-0.05, 0) is 62.8 Å². The second kappa shape index (κ2) is 6.36. The smallest absolute Gasteiger partial charge is 0.338 e. The zero-order valence-electron chi connectivity index (χ0n) is 12.2. The summed E-state index contributed by atoms with van der Waals surface area (Å²) in [5.41, 5.74) is 1.70. The van der Waals surface area contributed by atoms with E-state index in [-0.39, 0.29) is 16.6 Å². The van der Waals surface area contributed by atoms with E-state index in [0.29, 0.717) is 5.56 Å². The monoisotopic (exact) mass is 330 g/mol. The fraction of sp³-hybridized carbons (Fsp3) is 0.533. The number of esters is 1. The van der Waals surface area contributed by atoms with Crippen molar-refractivity contribution in [3.63, 3.8) is 0 Å². The van der Waals surface area contributed by atoms with E-state index < -0.39 is 15.0 Å². The minimum atomic E-state index is -3.87. The average Bonchev–Trinajstić information content (AvgIpc) is 2.41. The number of carbonyl (C=O) groups is 1. The van der Waals surface area contributed by atoms with E-state index in [1.165, 1.54) is 18.6 Å². The molecule has 1 aromatic carbocycles. The Morgan fingerprint density at radius 1 is 1.19 bits per heavy atom. The van der Waals surface area contributed by atoms with Crippen molar-refractivity contribution < 1.29 is 17.9 Å². The van der Waals surface area contributed by atoms with Crippen LogP contribution in [0.5, 0.6) is 0 Å². The second-order valence-corrected chi connectivity index (χ2v) is 8.08. The Hall–Kier alpha value is -1.07. The van der Waals surface area contributed by atoms with E-state index in [1.54, 1.807) is 13.8 Å². The molecule has 0 bridgehead atoms. The third-order valence-electron chi connectivity index (χ3n) is 3.97. The molecule has 0 aromatic heterocycles. The fourth-order valence-electron chi connectivity index (χ4n) is 2.58. The molecule has 1 aromatic rings. The third-order valence-corrected chi connectivity index (χ3v) is 5.30. The first kappa shape index (κ1) is 16.3. The van der Waals surface area contributed by atoms with Crippen LogP contribution < -0.4 is 0 Å². The summed E-state index contributed by atoms with van der Waals surface area (Å²) >= 11 is 0. The van der Waals surface area contributed by atoms with Gasteiger partial charge in [0.15, 0.2) is 0 Å². The number of hydrogen-bond donors (Lipinski definition) is 0. The van der Waals surface area contributed by atoms with Gasteiger partial charge in [-0.1, -0.05) is 6.42 Å². The quantitative estimate of drug-likeness (QED) is 0.626. The Morgan fingerprint density at radius 3 is 2.38 bits per heavy atom. The van der Waals surface area contributed by atoms with E-state index in [0.717, 1.165) is 31.2 Å². The maximum atomic E-state index is 12.3. The van der Waals surface area contributed by atoms with Crippen molar-refractivity contribution in [3.8, 4) is 0 Å². The normalized spacial score (nSPS) is 16.7. The molecule has 1 aliphatic carbocycles. The number of ether oxygens (including phenoxy) is 1. The number of carbonyl (C=O) groups excluding carboxylic acids is 1. The Kier molecular flexibility index (Phi) is 4.94. The van der Waals surface area contributed by atoms with Crippen molar-refractivity contribution in [1.82, 2.24) is 0 Å². The SMILES string of the molecule is Cc1cc(S(=O)(=O)Cl)cc(C(=O)OC2CCCCC2)c1C. The summed E-state index contributed by atoms with van der Waals surface area (Å²) in [7, 11) is 1.50. The van der Waals surface area contributed by atoms with Crippen LogP contribution in [0.15, 0.2) is 17.0 Å². The lowest BCUT2D eigenvalue weighted by molar-refractivity contribution is 0.0210. The summed E-state index contributed by atoms with van der Waals surface area (Å²) in [6, 6.07) is 2.77. The summed E-state index contributed by atoms with van der Waals surface area (Å²) in [4.78, 5) is 12.2. The Balaban J connectivity index is 2.29. The van der Waals surface area contributed by atoms with Gasteiger partial charge in [0.1, 0.15) is 6.10 Å². The van der Waals surface area contributed by atoms with Gasteiger partial charge >= 0.3 is 5.97 Å². The molecule has 116 valence electrons. The van der Waals surface area contributed by atoms with Crippen LogP contribution in [-0.2, 0) is 13.8 Å². The molecule has 21 heavy (non-hydrogen) atoms. The molecule has 0 radical (unpaired) electrons. The van der Waals surface area contributed by atoms with Crippen LogP contribution in [0.4, 0.5) is 0 Å². The minimum Gasteiger partial charge on any atom is -0.459 e. The lowest BCUT2D eigenvalue weighted by Gasteiger charge is -2.22. The maximum Gasteiger partial charge on any atom is 0.338 e. The van der Waals surface area contributed by atoms with Crippen LogP contribution in [0.2, 0.25) is 0 Å². The molecule has 0 saturated heterocycles. The molecular formula is C15H19ClO4S. The highest BCUT2D eigenvalue weighted by Crippen LogP contribution is 2.26. The molecule has 0 unspecified atom stereocenters. The zero-order chi connectivity index (χ0) is 15.6. The van der Waals surface area contributed by atoms with E-state index >= 15 is 0 Å². The molecule has 1 saturated carbocycles. The molecule has 2 rings (SSSR count). The molecular weight excluding hydrogens is 312 g/mol. The topological polar surface area (TPSA) is 60.4 Å². The lowest BCUT2D eigenvalue weighted by atomic mass is 9.97. The Bertz CT molecular complexity index is 646. The summed E-state index contributed by atoms with van der Waals surface area (Å²) < 4.78 is 28.5. The average molecular weight is 331 g/mol. The van der Waals surface area contributed by atoms with E-state index in [9.17, 15) is 13.2 Å². The fourth-order valence-corrected chi connectivity index (χ4v) is 3.42. The number of hydrogen-bond acceptors (Lipinski definition) is 4. The van der Waals surface area contributed by atoms with Gasteiger partial charge in [0.25, 0.3) is 9.05 Å². The van der Waals surface area contributed by atoms with Gasteiger partial charge in [-0.15, -0.1) is 0 Å². The number of rotatable bonds is 3. The maximum absolute atomic E-state index is 12.3. The Morgan fingerprint density at radius 2 is 1.81 bits per heavy atom. The molecule has 0 atom stereocenters.